The van der Waals surface area contributed by atoms with Gasteiger partial charge in [-0.05, 0) is 30.5 Å². The number of piperazine rings is 1. The number of fused-ring (bicyclic) bond motifs is 1. The summed E-state index contributed by atoms with van der Waals surface area (Å²) in [6, 6.07) is 1.68. The van der Waals surface area contributed by atoms with Crippen molar-refractivity contribution in [3.05, 3.63) is 33.4 Å². The molecule has 0 aliphatic carbocycles. The van der Waals surface area contributed by atoms with Gasteiger partial charge in [-0.25, -0.2) is 4.98 Å². The summed E-state index contributed by atoms with van der Waals surface area (Å²) < 4.78 is 11.0. The van der Waals surface area contributed by atoms with Crippen molar-refractivity contribution in [2.45, 2.75) is 6.42 Å². The molecule has 9 nitrogen and oxygen atoms in total. The Hall–Kier alpha value is -3.19. The number of amides is 1. The molecule has 3 heterocycles. The van der Waals surface area contributed by atoms with Crippen molar-refractivity contribution in [2.75, 3.05) is 77.3 Å². The lowest BCUT2D eigenvalue weighted by Gasteiger charge is -2.35. The highest BCUT2D eigenvalue weighted by Crippen LogP contribution is 2.45. The predicted molar refractivity (Wildman–Crippen MR) is 148 cm³/mol. The van der Waals surface area contributed by atoms with Gasteiger partial charge in [0.15, 0.2) is 0 Å². The third-order valence-electron chi connectivity index (χ3n) is 6.59. The fourth-order valence-corrected chi connectivity index (χ4v) is 5.37. The van der Waals surface area contributed by atoms with Crippen LogP contribution >= 0.6 is 23.2 Å². The number of carbonyl (C=O) groups is 1. The molecule has 2 aliphatic rings. The lowest BCUT2D eigenvalue weighted by molar-refractivity contribution is -0.126. The Morgan fingerprint density at radius 3 is 2.41 bits per heavy atom. The second-order valence-corrected chi connectivity index (χ2v) is 9.49. The van der Waals surface area contributed by atoms with Crippen LogP contribution < -0.4 is 19.7 Å². The molecule has 37 heavy (non-hydrogen) atoms. The van der Waals surface area contributed by atoms with Gasteiger partial charge in [0.25, 0.3) is 5.91 Å². The van der Waals surface area contributed by atoms with E-state index in [0.29, 0.717) is 52.7 Å². The van der Waals surface area contributed by atoms with E-state index in [1.165, 1.54) is 0 Å². The fraction of sp³-hybridized carbons (Fsp3) is 0.423. The Kier molecular flexibility index (Phi) is 8.64. The van der Waals surface area contributed by atoms with E-state index in [1.54, 1.807) is 38.4 Å². The molecular formula is C26H30Cl2N6O3. The molecule has 2 aliphatic heterocycles. The van der Waals surface area contributed by atoms with Crippen LogP contribution in [0.25, 0.3) is 11.6 Å². The molecule has 2 aromatic rings. The molecule has 0 bridgehead atoms. The highest BCUT2D eigenvalue weighted by molar-refractivity contribution is 6.39. The summed E-state index contributed by atoms with van der Waals surface area (Å²) in [4.78, 5) is 27.2. The Labute approximate surface area is 227 Å². The first-order valence-corrected chi connectivity index (χ1v) is 12.7. The summed E-state index contributed by atoms with van der Waals surface area (Å²) in [6.07, 6.45) is 9.96. The van der Waals surface area contributed by atoms with E-state index in [1.807, 2.05) is 6.08 Å². The fourth-order valence-electron chi connectivity index (χ4n) is 4.63. The zero-order valence-corrected chi connectivity index (χ0v) is 22.7. The van der Waals surface area contributed by atoms with E-state index in [4.69, 9.17) is 44.1 Å². The number of nitrogens with one attached hydrogen (secondary N) is 1. The number of nitrogens with zero attached hydrogens (tertiary/aromatic N) is 5. The minimum absolute atomic E-state index is 0.240. The van der Waals surface area contributed by atoms with Gasteiger partial charge >= 0.3 is 0 Å². The molecule has 1 amide bonds. The maximum Gasteiger partial charge on any atom is 0.298 e. The number of halogens is 2. The monoisotopic (exact) mass is 544 g/mol. The number of hydrogen-bond donors (Lipinski definition) is 1. The predicted octanol–water partition coefficient (Wildman–Crippen LogP) is 3.37. The van der Waals surface area contributed by atoms with Gasteiger partial charge in [0.05, 0.1) is 24.3 Å². The van der Waals surface area contributed by atoms with Gasteiger partial charge in [-0.1, -0.05) is 23.2 Å². The van der Waals surface area contributed by atoms with E-state index >= 15 is 0 Å². The van der Waals surface area contributed by atoms with Crippen molar-refractivity contribution < 1.29 is 14.3 Å². The van der Waals surface area contributed by atoms with Gasteiger partial charge in [-0.3, -0.25) is 9.69 Å². The van der Waals surface area contributed by atoms with Crippen molar-refractivity contribution in [3.63, 3.8) is 0 Å². The summed E-state index contributed by atoms with van der Waals surface area (Å²) in [5.41, 5.74) is 2.46. The first-order chi connectivity index (χ1) is 17.9. The van der Waals surface area contributed by atoms with Crippen LogP contribution in [0, 0.1) is 12.3 Å². The van der Waals surface area contributed by atoms with E-state index < -0.39 is 0 Å². The second kappa shape index (κ2) is 11.9. The Morgan fingerprint density at radius 2 is 1.81 bits per heavy atom. The molecule has 1 N–H and O–H groups in total. The maximum absolute atomic E-state index is 11.7. The smallest absolute Gasteiger partial charge is 0.298 e. The molecule has 0 spiro atoms. The van der Waals surface area contributed by atoms with Gasteiger partial charge in [0, 0.05) is 69.7 Å². The number of anilines is 2. The van der Waals surface area contributed by atoms with Crippen LogP contribution in [0.5, 0.6) is 11.5 Å². The Morgan fingerprint density at radius 1 is 1.14 bits per heavy atom. The number of methoxy groups -OCH3 is 2. The topological polar surface area (TPSA) is 83.1 Å². The van der Waals surface area contributed by atoms with Gasteiger partial charge in [-0.15, -0.1) is 6.42 Å². The third kappa shape index (κ3) is 5.72. The number of hydrogen-bond acceptors (Lipinski definition) is 8. The van der Waals surface area contributed by atoms with E-state index in [9.17, 15) is 4.79 Å². The quantitative estimate of drug-likeness (QED) is 0.506. The number of rotatable bonds is 8. The molecule has 11 heteroatoms. The summed E-state index contributed by atoms with van der Waals surface area (Å²) in [5.74, 6) is 4.32. The molecule has 0 unspecified atom stereocenters. The Bertz CT molecular complexity index is 1210. The number of carbonyl (C=O) groups excluding carboxylic acids is 1. The van der Waals surface area contributed by atoms with E-state index in [2.05, 4.69) is 26.0 Å². The summed E-state index contributed by atoms with van der Waals surface area (Å²) in [5, 5.41) is 3.87. The van der Waals surface area contributed by atoms with Gasteiger partial charge in [0.1, 0.15) is 17.3 Å². The van der Waals surface area contributed by atoms with Crippen LogP contribution in [0.2, 0.25) is 10.0 Å². The molecule has 4 rings (SSSR count). The second-order valence-electron chi connectivity index (χ2n) is 8.73. The third-order valence-corrected chi connectivity index (χ3v) is 7.34. The zero-order chi connectivity index (χ0) is 26.5. The van der Waals surface area contributed by atoms with Crippen LogP contribution in [0.1, 0.15) is 17.5 Å². The van der Waals surface area contributed by atoms with Crippen LogP contribution in [0.4, 0.5) is 11.8 Å². The minimum Gasteiger partial charge on any atom is -0.495 e. The Balaban J connectivity index is 1.56. The molecule has 0 radical (unpaired) electrons. The largest absolute Gasteiger partial charge is 0.495 e. The van der Waals surface area contributed by atoms with Crippen LogP contribution in [-0.4, -0.2) is 92.8 Å². The van der Waals surface area contributed by atoms with Crippen LogP contribution in [0.15, 0.2) is 12.3 Å². The average Bonchev–Trinajstić information content (AvgIpc) is 2.93. The molecule has 1 saturated heterocycles. The summed E-state index contributed by atoms with van der Waals surface area (Å²) >= 11 is 13.5. The van der Waals surface area contributed by atoms with E-state index in [-0.39, 0.29) is 5.91 Å². The number of aromatic nitrogens is 2. The van der Waals surface area contributed by atoms with Crippen molar-refractivity contribution in [1.82, 2.24) is 19.8 Å². The van der Waals surface area contributed by atoms with Crippen molar-refractivity contribution in [2.24, 2.45) is 0 Å². The molecular weight excluding hydrogens is 515 g/mol. The summed E-state index contributed by atoms with van der Waals surface area (Å²) in [7, 11) is 4.91. The first kappa shape index (κ1) is 26.9. The standard InChI is InChI=1S/C26H30Cl2N6O3/c1-5-21(35)33-11-9-32(10-12-33)7-6-8-34-16-18(13-17-15-30-26(29-2)31-25(17)34)22-23(27)19(36-3)14-20(37-4)24(22)28/h1,13-15H,6-12,16H2,2-4H3,(H,29,30,31). The number of terminal acetylenes is 1. The molecule has 0 atom stereocenters. The minimum atomic E-state index is -0.240. The van der Waals surface area contributed by atoms with Crippen molar-refractivity contribution in [1.29, 1.82) is 0 Å². The molecule has 1 fully saturated rings. The highest BCUT2D eigenvalue weighted by Gasteiger charge is 2.27. The SMILES string of the molecule is C#CC(=O)N1CCN(CCCN2CC(c3c(Cl)c(OC)cc(OC)c3Cl)=Cc3cnc(NC)nc32)CC1. The van der Waals surface area contributed by atoms with Gasteiger partial charge < -0.3 is 24.6 Å². The first-order valence-electron chi connectivity index (χ1n) is 12.0. The maximum atomic E-state index is 11.7. The molecule has 196 valence electrons. The van der Waals surface area contributed by atoms with Gasteiger partial charge in [0.2, 0.25) is 5.95 Å². The lowest BCUT2D eigenvalue weighted by atomic mass is 9.98. The van der Waals surface area contributed by atoms with Gasteiger partial charge in [-0.2, -0.15) is 4.98 Å². The number of ether oxygens (including phenoxy) is 2. The van der Waals surface area contributed by atoms with Crippen LogP contribution in [0.3, 0.4) is 0 Å². The van der Waals surface area contributed by atoms with Crippen molar-refractivity contribution in [3.8, 4) is 23.8 Å². The molecule has 0 saturated carbocycles. The number of benzene rings is 1. The van der Waals surface area contributed by atoms with E-state index in [0.717, 1.165) is 49.6 Å². The summed E-state index contributed by atoms with van der Waals surface area (Å²) in [6.45, 7) is 5.09. The average molecular weight is 545 g/mol. The van der Waals surface area contributed by atoms with Crippen molar-refractivity contribution >= 4 is 52.5 Å². The molecule has 1 aromatic heterocycles. The zero-order valence-electron chi connectivity index (χ0n) is 21.2. The normalized spacial score (nSPS) is 15.5. The highest BCUT2D eigenvalue weighted by atomic mass is 35.5. The molecule has 1 aromatic carbocycles. The lowest BCUT2D eigenvalue weighted by Crippen LogP contribution is -2.48. The van der Waals surface area contributed by atoms with Crippen LogP contribution in [-0.2, 0) is 4.79 Å².